The Morgan fingerprint density at radius 2 is 1.89 bits per heavy atom. The van der Waals surface area contributed by atoms with E-state index in [2.05, 4.69) is 15.5 Å². The highest BCUT2D eigenvalue weighted by atomic mass is 32.2. The van der Waals surface area contributed by atoms with Gasteiger partial charge in [0.15, 0.2) is 0 Å². The summed E-state index contributed by atoms with van der Waals surface area (Å²) in [5, 5.41) is 9.51. The SMILES string of the molecule is Cc1cccc(C(=O)NCCc2nnc(S(=O)(=O)Cc3ccc(F)cc3)o2)c1. The van der Waals surface area contributed by atoms with Crippen molar-refractivity contribution in [1.29, 1.82) is 0 Å². The van der Waals surface area contributed by atoms with E-state index in [0.717, 1.165) is 5.56 Å². The fraction of sp³-hybridized carbons (Fsp3) is 0.211. The van der Waals surface area contributed by atoms with E-state index in [1.54, 1.807) is 18.2 Å². The molecule has 0 radical (unpaired) electrons. The van der Waals surface area contributed by atoms with Crippen LogP contribution in [-0.2, 0) is 22.0 Å². The molecule has 9 heteroatoms. The summed E-state index contributed by atoms with van der Waals surface area (Å²) in [7, 11) is -3.84. The number of carbonyl (C=O) groups is 1. The third kappa shape index (κ3) is 5.01. The molecule has 1 heterocycles. The van der Waals surface area contributed by atoms with Gasteiger partial charge in [0.05, 0.1) is 5.75 Å². The Bertz CT molecular complexity index is 1080. The van der Waals surface area contributed by atoms with Crippen LogP contribution in [0.25, 0.3) is 0 Å². The first-order valence-corrected chi connectivity index (χ1v) is 10.1. The van der Waals surface area contributed by atoms with Gasteiger partial charge in [0.2, 0.25) is 15.7 Å². The van der Waals surface area contributed by atoms with Crippen LogP contribution >= 0.6 is 0 Å². The van der Waals surface area contributed by atoms with E-state index in [0.29, 0.717) is 11.1 Å². The smallest absolute Gasteiger partial charge is 0.335 e. The van der Waals surface area contributed by atoms with E-state index >= 15 is 0 Å². The third-order valence-corrected chi connectivity index (χ3v) is 5.30. The summed E-state index contributed by atoms with van der Waals surface area (Å²) in [5.74, 6) is -0.970. The van der Waals surface area contributed by atoms with Crippen LogP contribution in [0.4, 0.5) is 4.39 Å². The van der Waals surface area contributed by atoms with Crippen LogP contribution in [0, 0.1) is 12.7 Å². The van der Waals surface area contributed by atoms with E-state index in [9.17, 15) is 17.6 Å². The zero-order valence-electron chi connectivity index (χ0n) is 15.1. The normalized spacial score (nSPS) is 11.4. The zero-order chi connectivity index (χ0) is 20.1. The molecule has 0 saturated carbocycles. The van der Waals surface area contributed by atoms with Gasteiger partial charge in [-0.1, -0.05) is 34.9 Å². The number of amides is 1. The van der Waals surface area contributed by atoms with Crippen LogP contribution in [0.15, 0.2) is 58.2 Å². The highest BCUT2D eigenvalue weighted by Gasteiger charge is 2.23. The maximum Gasteiger partial charge on any atom is 0.335 e. The Morgan fingerprint density at radius 1 is 1.14 bits per heavy atom. The van der Waals surface area contributed by atoms with E-state index in [-0.39, 0.29) is 30.5 Å². The van der Waals surface area contributed by atoms with Crippen molar-refractivity contribution in [3.8, 4) is 0 Å². The lowest BCUT2D eigenvalue weighted by Crippen LogP contribution is -2.25. The van der Waals surface area contributed by atoms with Gasteiger partial charge in [0, 0.05) is 18.5 Å². The topological polar surface area (TPSA) is 102 Å². The van der Waals surface area contributed by atoms with Crippen molar-refractivity contribution in [3.05, 3.63) is 76.9 Å². The predicted molar refractivity (Wildman–Crippen MR) is 98.8 cm³/mol. The number of aryl methyl sites for hydroxylation is 1. The van der Waals surface area contributed by atoms with E-state index in [4.69, 9.17) is 4.42 Å². The highest BCUT2D eigenvalue weighted by Crippen LogP contribution is 2.16. The average molecular weight is 403 g/mol. The number of halogens is 1. The van der Waals surface area contributed by atoms with Gasteiger partial charge in [0.1, 0.15) is 5.82 Å². The van der Waals surface area contributed by atoms with Crippen molar-refractivity contribution in [2.24, 2.45) is 0 Å². The van der Waals surface area contributed by atoms with Crippen molar-refractivity contribution >= 4 is 15.7 Å². The Kier molecular flexibility index (Phi) is 5.84. The molecule has 1 amide bonds. The molecule has 0 fully saturated rings. The minimum atomic E-state index is -3.84. The lowest BCUT2D eigenvalue weighted by molar-refractivity contribution is 0.0953. The molecule has 0 spiro atoms. The largest absolute Gasteiger partial charge is 0.412 e. The van der Waals surface area contributed by atoms with Crippen molar-refractivity contribution < 1.29 is 22.0 Å². The predicted octanol–water partition coefficient (Wildman–Crippen LogP) is 2.46. The van der Waals surface area contributed by atoms with E-state index < -0.39 is 20.9 Å². The summed E-state index contributed by atoms with van der Waals surface area (Å²) < 4.78 is 42.8. The summed E-state index contributed by atoms with van der Waals surface area (Å²) in [6, 6.07) is 12.3. The van der Waals surface area contributed by atoms with Gasteiger partial charge in [-0.3, -0.25) is 4.79 Å². The molecule has 0 aliphatic heterocycles. The third-order valence-electron chi connectivity index (χ3n) is 3.89. The first kappa shape index (κ1) is 19.7. The van der Waals surface area contributed by atoms with Crippen molar-refractivity contribution in [1.82, 2.24) is 15.5 Å². The molecule has 0 bridgehead atoms. The standard InChI is InChI=1S/C19H18FN3O4S/c1-13-3-2-4-15(11-13)18(24)21-10-9-17-22-23-19(27-17)28(25,26)12-14-5-7-16(20)8-6-14/h2-8,11H,9-10,12H2,1H3,(H,21,24). The Hall–Kier alpha value is -3.07. The second-order valence-corrected chi connectivity index (χ2v) is 8.09. The maximum atomic E-state index is 12.9. The van der Waals surface area contributed by atoms with Crippen LogP contribution in [0.3, 0.4) is 0 Å². The molecular formula is C19H18FN3O4S. The molecule has 3 rings (SSSR count). The van der Waals surface area contributed by atoms with Gasteiger partial charge in [-0.05, 0) is 36.8 Å². The number of hydrogen-bond acceptors (Lipinski definition) is 6. The fourth-order valence-corrected chi connectivity index (χ4v) is 3.64. The first-order valence-electron chi connectivity index (χ1n) is 8.48. The first-order chi connectivity index (χ1) is 13.3. The number of hydrogen-bond donors (Lipinski definition) is 1. The Labute approximate surface area is 161 Å². The number of sulfone groups is 1. The van der Waals surface area contributed by atoms with Crippen LogP contribution < -0.4 is 5.32 Å². The van der Waals surface area contributed by atoms with Crippen LogP contribution in [0.1, 0.15) is 27.4 Å². The minimum absolute atomic E-state index is 0.0993. The van der Waals surface area contributed by atoms with Gasteiger partial charge in [-0.15, -0.1) is 5.10 Å². The van der Waals surface area contributed by atoms with Crippen molar-refractivity contribution in [3.63, 3.8) is 0 Å². The Balaban J connectivity index is 1.57. The quantitative estimate of drug-likeness (QED) is 0.650. The van der Waals surface area contributed by atoms with Gasteiger partial charge < -0.3 is 9.73 Å². The summed E-state index contributed by atoms with van der Waals surface area (Å²) in [5.41, 5.74) is 1.92. The number of nitrogens with zero attached hydrogens (tertiary/aromatic N) is 2. The molecule has 3 aromatic rings. The molecule has 0 aliphatic rings. The summed E-state index contributed by atoms with van der Waals surface area (Å²) in [6.07, 6.45) is 0.191. The number of benzene rings is 2. The lowest BCUT2D eigenvalue weighted by Gasteiger charge is -2.04. The molecule has 28 heavy (non-hydrogen) atoms. The van der Waals surface area contributed by atoms with Crippen molar-refractivity contribution in [2.45, 2.75) is 24.3 Å². The van der Waals surface area contributed by atoms with Crippen LogP contribution in [0.5, 0.6) is 0 Å². The molecule has 0 atom stereocenters. The molecule has 0 saturated heterocycles. The summed E-state index contributed by atoms with van der Waals surface area (Å²) in [6.45, 7) is 2.11. The molecule has 7 nitrogen and oxygen atoms in total. The Morgan fingerprint density at radius 3 is 2.61 bits per heavy atom. The second kappa shape index (κ2) is 8.30. The van der Waals surface area contributed by atoms with Gasteiger partial charge in [-0.2, -0.15) is 0 Å². The van der Waals surface area contributed by atoms with Crippen LogP contribution in [-0.4, -0.2) is 31.1 Å². The minimum Gasteiger partial charge on any atom is -0.412 e. The van der Waals surface area contributed by atoms with E-state index in [1.807, 2.05) is 13.0 Å². The molecule has 0 aliphatic carbocycles. The molecule has 0 unspecified atom stereocenters. The summed E-state index contributed by atoms with van der Waals surface area (Å²) >= 11 is 0. The van der Waals surface area contributed by atoms with Crippen LogP contribution in [0.2, 0.25) is 0 Å². The molecule has 146 valence electrons. The highest BCUT2D eigenvalue weighted by molar-refractivity contribution is 7.90. The number of aromatic nitrogens is 2. The summed E-state index contributed by atoms with van der Waals surface area (Å²) in [4.78, 5) is 12.1. The second-order valence-electron chi connectivity index (χ2n) is 6.22. The van der Waals surface area contributed by atoms with Crippen molar-refractivity contribution in [2.75, 3.05) is 6.54 Å². The number of nitrogens with one attached hydrogen (secondary N) is 1. The average Bonchev–Trinajstić information content (AvgIpc) is 3.13. The molecule has 1 aromatic heterocycles. The molecule has 1 N–H and O–H groups in total. The number of rotatable bonds is 7. The monoisotopic (exact) mass is 403 g/mol. The maximum absolute atomic E-state index is 12.9. The van der Waals surface area contributed by atoms with Gasteiger partial charge >= 0.3 is 5.22 Å². The molecule has 2 aromatic carbocycles. The number of carbonyl (C=O) groups excluding carboxylic acids is 1. The van der Waals surface area contributed by atoms with Gasteiger partial charge in [-0.25, -0.2) is 12.8 Å². The zero-order valence-corrected chi connectivity index (χ0v) is 15.9. The van der Waals surface area contributed by atoms with Gasteiger partial charge in [0.25, 0.3) is 5.91 Å². The van der Waals surface area contributed by atoms with E-state index in [1.165, 1.54) is 24.3 Å². The fourth-order valence-electron chi connectivity index (χ4n) is 2.50. The molecular weight excluding hydrogens is 385 g/mol. The lowest BCUT2D eigenvalue weighted by atomic mass is 10.1.